The van der Waals surface area contributed by atoms with Crippen LogP contribution in [-0.4, -0.2) is 59.6 Å². The van der Waals surface area contributed by atoms with E-state index in [0.717, 1.165) is 22.0 Å². The maximum atomic E-state index is 13.5. The number of piperazine rings is 1. The zero-order valence-electron chi connectivity index (χ0n) is 18.7. The molecule has 32 heavy (non-hydrogen) atoms. The number of hydrogen-bond donors (Lipinski definition) is 1. The van der Waals surface area contributed by atoms with E-state index in [2.05, 4.69) is 10.5 Å². The third kappa shape index (κ3) is 4.39. The average Bonchev–Trinajstić information content (AvgIpc) is 3.14. The van der Waals surface area contributed by atoms with Crippen molar-refractivity contribution in [3.8, 4) is 5.75 Å². The van der Waals surface area contributed by atoms with Crippen LogP contribution in [0.15, 0.2) is 40.9 Å². The molecule has 8 nitrogen and oxygen atoms in total. The van der Waals surface area contributed by atoms with Gasteiger partial charge in [-0.05, 0) is 43.7 Å². The molecular formula is C24H28N4O4. The van der Waals surface area contributed by atoms with Gasteiger partial charge in [-0.25, -0.2) is 4.79 Å². The van der Waals surface area contributed by atoms with Crippen LogP contribution < -0.4 is 10.1 Å². The number of aromatic nitrogens is 1. The van der Waals surface area contributed by atoms with Gasteiger partial charge in [-0.1, -0.05) is 29.4 Å². The molecule has 0 saturated carbocycles. The Morgan fingerprint density at radius 1 is 1.06 bits per heavy atom. The molecule has 1 aliphatic rings. The van der Waals surface area contributed by atoms with Gasteiger partial charge in [-0.3, -0.25) is 4.79 Å². The van der Waals surface area contributed by atoms with Gasteiger partial charge in [0.05, 0.1) is 16.8 Å². The molecule has 0 unspecified atom stereocenters. The molecule has 3 amide bonds. The minimum absolute atomic E-state index is 0.0891. The maximum Gasteiger partial charge on any atom is 0.317 e. The van der Waals surface area contributed by atoms with Crippen LogP contribution in [0.1, 0.15) is 34.3 Å². The number of hydrogen-bond acceptors (Lipinski definition) is 5. The van der Waals surface area contributed by atoms with E-state index in [1.54, 1.807) is 9.80 Å². The predicted octanol–water partition coefficient (Wildman–Crippen LogP) is 3.51. The SMILES string of the molecule is CCNC(=O)N1CCN(C(=O)c2cc3ccccc3cc2OCc2c(C)noc2C)CC1. The molecule has 1 fully saturated rings. The number of carbonyl (C=O) groups excluding carboxylic acids is 2. The van der Waals surface area contributed by atoms with Crippen LogP contribution in [0.25, 0.3) is 10.8 Å². The van der Waals surface area contributed by atoms with Crippen molar-refractivity contribution in [2.24, 2.45) is 0 Å². The standard InChI is InChI=1S/C24H28N4O4/c1-4-25-24(30)28-11-9-27(10-12-28)23(29)20-13-18-7-5-6-8-19(18)14-22(20)31-15-21-16(2)26-32-17(21)3/h5-8,13-14H,4,9-12,15H2,1-3H3,(H,25,30). The number of nitrogens with zero attached hydrogens (tertiary/aromatic N) is 3. The Balaban J connectivity index is 1.57. The van der Waals surface area contributed by atoms with Gasteiger partial charge >= 0.3 is 6.03 Å². The van der Waals surface area contributed by atoms with Gasteiger partial charge in [0.1, 0.15) is 18.1 Å². The molecule has 0 radical (unpaired) electrons. The Kier molecular flexibility index (Phi) is 6.30. The molecule has 0 atom stereocenters. The lowest BCUT2D eigenvalue weighted by Gasteiger charge is -2.35. The van der Waals surface area contributed by atoms with Gasteiger partial charge < -0.3 is 24.4 Å². The molecule has 0 spiro atoms. The number of ether oxygens (including phenoxy) is 1. The van der Waals surface area contributed by atoms with Crippen LogP contribution in [0, 0.1) is 13.8 Å². The highest BCUT2D eigenvalue weighted by atomic mass is 16.5. The normalized spacial score (nSPS) is 14.0. The summed E-state index contributed by atoms with van der Waals surface area (Å²) in [6, 6.07) is 11.6. The molecule has 4 rings (SSSR count). The van der Waals surface area contributed by atoms with Gasteiger partial charge in [-0.2, -0.15) is 0 Å². The number of rotatable bonds is 5. The summed E-state index contributed by atoms with van der Waals surface area (Å²) < 4.78 is 11.4. The minimum atomic E-state index is -0.0972. The molecule has 168 valence electrons. The van der Waals surface area contributed by atoms with Crippen LogP contribution in [0.2, 0.25) is 0 Å². The fourth-order valence-electron chi connectivity index (χ4n) is 3.91. The smallest absolute Gasteiger partial charge is 0.317 e. The van der Waals surface area contributed by atoms with Crippen molar-refractivity contribution in [3.05, 3.63) is 59.0 Å². The van der Waals surface area contributed by atoms with E-state index in [1.165, 1.54) is 0 Å². The van der Waals surface area contributed by atoms with E-state index in [9.17, 15) is 9.59 Å². The molecule has 1 N–H and O–H groups in total. The topological polar surface area (TPSA) is 87.9 Å². The fraction of sp³-hybridized carbons (Fsp3) is 0.375. The van der Waals surface area contributed by atoms with Gasteiger partial charge in [-0.15, -0.1) is 0 Å². The molecule has 2 aromatic carbocycles. The number of amides is 3. The Morgan fingerprint density at radius 3 is 2.34 bits per heavy atom. The lowest BCUT2D eigenvalue weighted by molar-refractivity contribution is 0.0661. The molecule has 1 aromatic heterocycles. The van der Waals surface area contributed by atoms with E-state index in [-0.39, 0.29) is 18.5 Å². The predicted molar refractivity (Wildman–Crippen MR) is 121 cm³/mol. The molecule has 0 bridgehead atoms. The van der Waals surface area contributed by atoms with E-state index < -0.39 is 0 Å². The van der Waals surface area contributed by atoms with Crippen LogP contribution >= 0.6 is 0 Å². The summed E-state index contributed by atoms with van der Waals surface area (Å²) in [5, 5.41) is 8.76. The van der Waals surface area contributed by atoms with Gasteiger partial charge in [0.2, 0.25) is 0 Å². The molecule has 8 heteroatoms. The highest BCUT2D eigenvalue weighted by molar-refractivity contribution is 6.01. The van der Waals surface area contributed by atoms with Crippen molar-refractivity contribution in [2.75, 3.05) is 32.7 Å². The summed E-state index contributed by atoms with van der Waals surface area (Å²) in [6.07, 6.45) is 0. The highest BCUT2D eigenvalue weighted by Crippen LogP contribution is 2.29. The van der Waals surface area contributed by atoms with E-state index in [4.69, 9.17) is 9.26 Å². The Morgan fingerprint density at radius 2 is 1.72 bits per heavy atom. The fourth-order valence-corrected chi connectivity index (χ4v) is 3.91. The van der Waals surface area contributed by atoms with Crippen LogP contribution in [0.5, 0.6) is 5.75 Å². The van der Waals surface area contributed by atoms with Gasteiger partial charge in [0.25, 0.3) is 5.91 Å². The van der Waals surface area contributed by atoms with Crippen LogP contribution in [0.3, 0.4) is 0 Å². The molecular weight excluding hydrogens is 408 g/mol. The van der Waals surface area contributed by atoms with Crippen LogP contribution in [0.4, 0.5) is 4.79 Å². The second-order valence-corrected chi connectivity index (χ2v) is 7.90. The second-order valence-electron chi connectivity index (χ2n) is 7.90. The van der Waals surface area contributed by atoms with E-state index in [0.29, 0.717) is 49.8 Å². The minimum Gasteiger partial charge on any atom is -0.488 e. The molecule has 2 heterocycles. The third-order valence-corrected chi connectivity index (χ3v) is 5.81. The third-order valence-electron chi connectivity index (χ3n) is 5.81. The Hall–Kier alpha value is -3.55. The first kappa shape index (κ1) is 21.7. The first-order valence-electron chi connectivity index (χ1n) is 10.9. The van der Waals surface area contributed by atoms with E-state index >= 15 is 0 Å². The number of aryl methyl sites for hydroxylation is 2. The monoisotopic (exact) mass is 436 g/mol. The first-order chi connectivity index (χ1) is 15.5. The van der Waals surface area contributed by atoms with Crippen molar-refractivity contribution in [2.45, 2.75) is 27.4 Å². The lowest BCUT2D eigenvalue weighted by Crippen LogP contribution is -2.53. The first-order valence-corrected chi connectivity index (χ1v) is 10.9. The average molecular weight is 437 g/mol. The Labute approximate surface area is 187 Å². The summed E-state index contributed by atoms with van der Waals surface area (Å²) in [6.45, 7) is 8.42. The van der Waals surface area contributed by atoms with Crippen molar-refractivity contribution >= 4 is 22.7 Å². The number of urea groups is 1. The van der Waals surface area contributed by atoms with E-state index in [1.807, 2.05) is 57.2 Å². The Bertz CT molecular complexity index is 1110. The summed E-state index contributed by atoms with van der Waals surface area (Å²) in [5.41, 5.74) is 2.17. The number of carbonyl (C=O) groups is 2. The molecule has 0 aliphatic carbocycles. The summed E-state index contributed by atoms with van der Waals surface area (Å²) in [4.78, 5) is 29.1. The van der Waals surface area contributed by atoms with Crippen LogP contribution in [-0.2, 0) is 6.61 Å². The van der Waals surface area contributed by atoms with Gasteiger partial charge in [0, 0.05) is 32.7 Å². The summed E-state index contributed by atoms with van der Waals surface area (Å²) >= 11 is 0. The van der Waals surface area contributed by atoms with Gasteiger partial charge in [0.15, 0.2) is 0 Å². The van der Waals surface area contributed by atoms with Crippen molar-refractivity contribution in [1.29, 1.82) is 0 Å². The maximum absolute atomic E-state index is 13.5. The largest absolute Gasteiger partial charge is 0.488 e. The zero-order valence-corrected chi connectivity index (χ0v) is 18.7. The summed E-state index contributed by atoms with van der Waals surface area (Å²) in [7, 11) is 0. The summed E-state index contributed by atoms with van der Waals surface area (Å²) in [5.74, 6) is 1.14. The quantitative estimate of drug-likeness (QED) is 0.661. The number of benzene rings is 2. The van der Waals surface area contributed by atoms with Crippen molar-refractivity contribution in [1.82, 2.24) is 20.3 Å². The molecule has 1 saturated heterocycles. The van der Waals surface area contributed by atoms with Crippen molar-refractivity contribution in [3.63, 3.8) is 0 Å². The second kappa shape index (κ2) is 9.30. The highest BCUT2D eigenvalue weighted by Gasteiger charge is 2.27. The zero-order chi connectivity index (χ0) is 22.7. The number of nitrogens with one attached hydrogen (secondary N) is 1. The molecule has 1 aliphatic heterocycles. The molecule has 3 aromatic rings. The lowest BCUT2D eigenvalue weighted by atomic mass is 10.0. The number of fused-ring (bicyclic) bond motifs is 1. The van der Waals surface area contributed by atoms with Crippen molar-refractivity contribution < 1.29 is 18.8 Å².